The first kappa shape index (κ1) is 13.1. The van der Waals surface area contributed by atoms with Crippen LogP contribution in [0.5, 0.6) is 0 Å². The third-order valence-electron chi connectivity index (χ3n) is 3.21. The number of thiophene rings is 1. The molecule has 102 valence electrons. The monoisotopic (exact) mass is 306 g/mol. The van der Waals surface area contributed by atoms with Crippen molar-refractivity contribution in [1.82, 2.24) is 5.32 Å². The molecule has 20 heavy (non-hydrogen) atoms. The van der Waals surface area contributed by atoms with Crippen molar-refractivity contribution in [3.8, 4) is 0 Å². The topological polar surface area (TPSA) is 58.2 Å². The molecule has 2 heterocycles. The van der Waals surface area contributed by atoms with Gasteiger partial charge in [0.15, 0.2) is 0 Å². The van der Waals surface area contributed by atoms with Crippen molar-refractivity contribution < 1.29 is 9.59 Å². The van der Waals surface area contributed by atoms with Crippen LogP contribution in [-0.4, -0.2) is 11.8 Å². The third kappa shape index (κ3) is 2.30. The van der Waals surface area contributed by atoms with Gasteiger partial charge in [0.25, 0.3) is 11.8 Å². The zero-order valence-corrected chi connectivity index (χ0v) is 12.1. The third-order valence-corrected chi connectivity index (χ3v) is 4.32. The van der Waals surface area contributed by atoms with E-state index in [0.717, 1.165) is 15.6 Å². The molecule has 2 amide bonds. The summed E-state index contributed by atoms with van der Waals surface area (Å²) in [6.45, 7) is 2.01. The van der Waals surface area contributed by atoms with E-state index in [2.05, 4.69) is 10.6 Å². The maximum atomic E-state index is 11.6. The van der Waals surface area contributed by atoms with E-state index in [4.69, 9.17) is 11.6 Å². The molecule has 1 aromatic heterocycles. The Morgan fingerprint density at radius 2 is 1.95 bits per heavy atom. The molecular weight excluding hydrogens is 296 g/mol. The lowest BCUT2D eigenvalue weighted by atomic mass is 10.1. The summed E-state index contributed by atoms with van der Waals surface area (Å²) in [5, 5.41) is 7.56. The number of halogens is 1. The highest BCUT2D eigenvalue weighted by Crippen LogP contribution is 2.28. The van der Waals surface area contributed by atoms with Crippen molar-refractivity contribution in [2.24, 2.45) is 0 Å². The molecule has 0 spiro atoms. The minimum Gasteiger partial charge on any atom is -0.378 e. The predicted molar refractivity (Wildman–Crippen MR) is 79.6 cm³/mol. The molecule has 2 N–H and O–H groups in total. The van der Waals surface area contributed by atoms with Gasteiger partial charge < -0.3 is 5.32 Å². The van der Waals surface area contributed by atoms with Gasteiger partial charge in [0, 0.05) is 11.7 Å². The first-order valence-corrected chi connectivity index (χ1v) is 7.30. The van der Waals surface area contributed by atoms with Crippen molar-refractivity contribution in [3.05, 3.63) is 50.7 Å². The Balaban J connectivity index is 1.84. The largest absolute Gasteiger partial charge is 0.378 e. The van der Waals surface area contributed by atoms with Gasteiger partial charge >= 0.3 is 0 Å². The van der Waals surface area contributed by atoms with Crippen molar-refractivity contribution >= 4 is 40.4 Å². The van der Waals surface area contributed by atoms with Crippen LogP contribution >= 0.6 is 22.9 Å². The molecule has 6 heteroatoms. The number of imide groups is 1. The number of benzene rings is 1. The van der Waals surface area contributed by atoms with Gasteiger partial charge in [-0.1, -0.05) is 11.6 Å². The summed E-state index contributed by atoms with van der Waals surface area (Å²) in [7, 11) is 0. The highest BCUT2D eigenvalue weighted by atomic mass is 35.5. The summed E-state index contributed by atoms with van der Waals surface area (Å²) in [5.41, 5.74) is 2.71. The fraction of sp³-hybridized carbons (Fsp3) is 0.143. The Hall–Kier alpha value is -1.85. The average molecular weight is 307 g/mol. The fourth-order valence-electron chi connectivity index (χ4n) is 2.14. The van der Waals surface area contributed by atoms with Gasteiger partial charge in [-0.3, -0.25) is 14.9 Å². The number of carbonyl (C=O) groups is 2. The van der Waals surface area contributed by atoms with E-state index in [-0.39, 0.29) is 17.9 Å². The maximum Gasteiger partial charge on any atom is 0.259 e. The number of amides is 2. The van der Waals surface area contributed by atoms with Gasteiger partial charge in [0.05, 0.1) is 15.5 Å². The molecule has 2 aromatic rings. The van der Waals surface area contributed by atoms with Gasteiger partial charge in [-0.25, -0.2) is 0 Å². The molecule has 0 saturated heterocycles. The predicted octanol–water partition coefficient (Wildman–Crippen LogP) is 3.46. The number of fused-ring (bicyclic) bond motifs is 1. The van der Waals surface area contributed by atoms with Crippen LogP contribution in [0.25, 0.3) is 0 Å². The number of hydrogen-bond donors (Lipinski definition) is 2. The second-order valence-corrected chi connectivity index (χ2v) is 6.14. The molecule has 4 nitrogen and oxygen atoms in total. The quantitative estimate of drug-likeness (QED) is 0.854. The summed E-state index contributed by atoms with van der Waals surface area (Å²) in [5.74, 6) is -0.686. The van der Waals surface area contributed by atoms with Crippen LogP contribution in [0.3, 0.4) is 0 Å². The Morgan fingerprint density at radius 3 is 2.65 bits per heavy atom. The van der Waals surface area contributed by atoms with E-state index in [9.17, 15) is 9.59 Å². The second kappa shape index (κ2) is 4.92. The highest BCUT2D eigenvalue weighted by molar-refractivity contribution is 7.14. The SMILES string of the molecule is CC(Nc1ccc2c(c1)C(=O)NC2=O)c1csc(Cl)c1. The minimum absolute atomic E-state index is 0.0666. The standard InChI is InChI=1S/C14H11ClN2O2S/c1-7(8-4-12(15)20-6-8)16-9-2-3-10-11(5-9)14(19)17-13(10)18/h2-7,16H,1H3,(H,17,18,19). The average Bonchev–Trinajstić information content (AvgIpc) is 2.95. The van der Waals surface area contributed by atoms with E-state index in [1.54, 1.807) is 18.2 Å². The van der Waals surface area contributed by atoms with E-state index in [1.807, 2.05) is 18.4 Å². The summed E-state index contributed by atoms with van der Waals surface area (Å²) < 4.78 is 0.743. The zero-order valence-electron chi connectivity index (χ0n) is 10.6. The number of carbonyl (C=O) groups excluding carboxylic acids is 2. The molecule has 0 fully saturated rings. The van der Waals surface area contributed by atoms with Crippen LogP contribution in [0.2, 0.25) is 4.34 Å². The molecule has 0 aliphatic carbocycles. The van der Waals surface area contributed by atoms with Crippen LogP contribution in [-0.2, 0) is 0 Å². The molecule has 0 bridgehead atoms. The van der Waals surface area contributed by atoms with Gasteiger partial charge in [0.2, 0.25) is 0 Å². The Labute approximate surface area is 124 Å². The zero-order chi connectivity index (χ0) is 14.3. The molecule has 1 aliphatic heterocycles. The Morgan fingerprint density at radius 1 is 1.20 bits per heavy atom. The van der Waals surface area contributed by atoms with Crippen molar-refractivity contribution in [2.75, 3.05) is 5.32 Å². The normalized spacial score (nSPS) is 14.9. The first-order chi connectivity index (χ1) is 9.54. The van der Waals surface area contributed by atoms with E-state index in [0.29, 0.717) is 11.1 Å². The van der Waals surface area contributed by atoms with Gasteiger partial charge in [-0.05, 0) is 42.1 Å². The van der Waals surface area contributed by atoms with Gasteiger partial charge in [-0.2, -0.15) is 0 Å². The summed E-state index contributed by atoms with van der Waals surface area (Å²) in [4.78, 5) is 23.1. The molecule has 1 unspecified atom stereocenters. The molecule has 1 aliphatic rings. The smallest absolute Gasteiger partial charge is 0.259 e. The maximum absolute atomic E-state index is 11.6. The van der Waals surface area contributed by atoms with Crippen LogP contribution in [0.4, 0.5) is 5.69 Å². The number of nitrogens with one attached hydrogen (secondary N) is 2. The van der Waals surface area contributed by atoms with E-state index < -0.39 is 0 Å². The number of anilines is 1. The minimum atomic E-state index is -0.347. The molecule has 0 radical (unpaired) electrons. The van der Waals surface area contributed by atoms with Crippen LogP contribution in [0, 0.1) is 0 Å². The molecule has 1 atom stereocenters. The first-order valence-electron chi connectivity index (χ1n) is 6.05. The van der Waals surface area contributed by atoms with Crippen LogP contribution in [0.15, 0.2) is 29.6 Å². The molecule has 3 rings (SSSR count). The molecular formula is C14H11ClN2O2S. The molecule has 1 aromatic carbocycles. The lowest BCUT2D eigenvalue weighted by molar-refractivity contribution is 0.0879. The summed E-state index contributed by atoms with van der Waals surface area (Å²) >= 11 is 7.40. The Bertz CT molecular complexity index is 711. The molecule has 0 saturated carbocycles. The number of rotatable bonds is 3. The highest BCUT2D eigenvalue weighted by Gasteiger charge is 2.26. The van der Waals surface area contributed by atoms with Crippen molar-refractivity contribution in [3.63, 3.8) is 0 Å². The van der Waals surface area contributed by atoms with E-state index >= 15 is 0 Å². The van der Waals surface area contributed by atoms with E-state index in [1.165, 1.54) is 11.3 Å². The summed E-state index contributed by atoms with van der Waals surface area (Å²) in [6, 6.07) is 7.12. The second-order valence-electron chi connectivity index (χ2n) is 4.59. The van der Waals surface area contributed by atoms with Gasteiger partial charge in [0.1, 0.15) is 0 Å². The number of hydrogen-bond acceptors (Lipinski definition) is 4. The lowest BCUT2D eigenvalue weighted by Gasteiger charge is -2.14. The Kier molecular flexibility index (Phi) is 3.23. The summed E-state index contributed by atoms with van der Waals surface area (Å²) in [6.07, 6.45) is 0. The lowest BCUT2D eigenvalue weighted by Crippen LogP contribution is -2.19. The van der Waals surface area contributed by atoms with Crippen molar-refractivity contribution in [2.45, 2.75) is 13.0 Å². The fourth-order valence-corrected chi connectivity index (χ4v) is 3.13. The van der Waals surface area contributed by atoms with Crippen molar-refractivity contribution in [1.29, 1.82) is 0 Å². The van der Waals surface area contributed by atoms with Gasteiger partial charge in [-0.15, -0.1) is 11.3 Å². The van der Waals surface area contributed by atoms with Crippen LogP contribution in [0.1, 0.15) is 39.2 Å². The van der Waals surface area contributed by atoms with Crippen LogP contribution < -0.4 is 10.6 Å².